The predicted octanol–water partition coefficient (Wildman–Crippen LogP) is 4.06. The molecule has 1 aromatic carbocycles. The number of benzene rings is 1. The van der Waals surface area contributed by atoms with Gasteiger partial charge < -0.3 is 9.88 Å². The number of nitrogens with one attached hydrogen (secondary N) is 1. The van der Waals surface area contributed by atoms with E-state index in [1.165, 1.54) is 22.3 Å². The second kappa shape index (κ2) is 6.28. The zero-order valence-electron chi connectivity index (χ0n) is 15.4. The third-order valence-electron chi connectivity index (χ3n) is 5.58. The second-order valence-corrected chi connectivity index (χ2v) is 8.06. The Balaban J connectivity index is 1.50. The van der Waals surface area contributed by atoms with Gasteiger partial charge in [-0.05, 0) is 30.2 Å². The van der Waals surface area contributed by atoms with Gasteiger partial charge in [0, 0.05) is 47.1 Å². The van der Waals surface area contributed by atoms with Crippen LogP contribution in [0, 0.1) is 0 Å². The second-order valence-electron chi connectivity index (χ2n) is 7.19. The zero-order chi connectivity index (χ0) is 19.4. The number of para-hydroxylation sites is 1. The number of pyridine rings is 1. The number of carbonyl (C=O) groups is 1. The number of imidazole rings is 1. The first-order valence-electron chi connectivity index (χ1n) is 9.53. The van der Waals surface area contributed by atoms with Gasteiger partial charge in [-0.1, -0.05) is 24.3 Å². The minimum atomic E-state index is -0.264. The van der Waals surface area contributed by atoms with Crippen molar-refractivity contribution in [1.82, 2.24) is 24.3 Å². The summed E-state index contributed by atoms with van der Waals surface area (Å²) in [5, 5.41) is 3.18. The maximum atomic E-state index is 13.5. The highest BCUT2D eigenvalue weighted by molar-refractivity contribution is 7.15. The van der Waals surface area contributed by atoms with Gasteiger partial charge in [0.1, 0.15) is 11.7 Å². The Morgan fingerprint density at radius 2 is 2.07 bits per heavy atom. The van der Waals surface area contributed by atoms with Gasteiger partial charge in [-0.3, -0.25) is 14.2 Å². The number of carbonyl (C=O) groups excluding carboxylic acids is 1. The van der Waals surface area contributed by atoms with Crippen LogP contribution in [0.2, 0.25) is 0 Å². The molecular formula is C22H17N5OS. The standard InChI is InChI=1S/C22H17N5OS/c28-21(18-13-26-11-12-29-22(26)25-18)27-10-8-15-14-5-1-2-6-16(14)24-19(15)20(27)17-7-3-4-9-23-17/h1-7,9,11-13,20,24H,8,10H2. The van der Waals surface area contributed by atoms with E-state index in [0.717, 1.165) is 28.3 Å². The molecule has 1 amide bonds. The van der Waals surface area contributed by atoms with Crippen LogP contribution in [0.25, 0.3) is 15.9 Å². The fraction of sp³-hybridized carbons (Fsp3) is 0.136. The van der Waals surface area contributed by atoms with Crippen molar-refractivity contribution >= 4 is 33.1 Å². The van der Waals surface area contributed by atoms with Gasteiger partial charge in [-0.25, -0.2) is 4.98 Å². The molecule has 0 saturated heterocycles. The van der Waals surface area contributed by atoms with Gasteiger partial charge in [0.15, 0.2) is 4.96 Å². The molecular weight excluding hydrogens is 382 g/mol. The normalized spacial score (nSPS) is 16.4. The molecule has 0 aliphatic carbocycles. The molecule has 1 aliphatic rings. The van der Waals surface area contributed by atoms with E-state index >= 15 is 0 Å². The van der Waals surface area contributed by atoms with Crippen molar-refractivity contribution in [3.63, 3.8) is 0 Å². The van der Waals surface area contributed by atoms with Crippen molar-refractivity contribution in [1.29, 1.82) is 0 Å². The van der Waals surface area contributed by atoms with Crippen molar-refractivity contribution in [3.05, 3.63) is 89.1 Å². The maximum absolute atomic E-state index is 13.5. The molecule has 5 heterocycles. The molecule has 1 atom stereocenters. The van der Waals surface area contributed by atoms with E-state index in [2.05, 4.69) is 33.2 Å². The minimum Gasteiger partial charge on any atom is -0.356 e. The molecule has 0 fully saturated rings. The fourth-order valence-electron chi connectivity index (χ4n) is 4.28. The Morgan fingerprint density at radius 1 is 1.17 bits per heavy atom. The van der Waals surface area contributed by atoms with Crippen LogP contribution in [0.4, 0.5) is 0 Å². The molecule has 5 aromatic rings. The number of fused-ring (bicyclic) bond motifs is 4. The predicted molar refractivity (Wildman–Crippen MR) is 112 cm³/mol. The van der Waals surface area contributed by atoms with Crippen molar-refractivity contribution in [3.8, 4) is 0 Å². The van der Waals surface area contributed by atoms with Crippen molar-refractivity contribution in [2.75, 3.05) is 6.54 Å². The summed E-state index contributed by atoms with van der Waals surface area (Å²) in [6.07, 6.45) is 6.31. The lowest BCUT2D eigenvalue weighted by Gasteiger charge is -2.35. The molecule has 29 heavy (non-hydrogen) atoms. The number of nitrogens with zero attached hydrogens (tertiary/aromatic N) is 4. The van der Waals surface area contributed by atoms with Gasteiger partial charge in [-0.2, -0.15) is 0 Å². The Labute approximate surface area is 170 Å². The monoisotopic (exact) mass is 399 g/mol. The van der Waals surface area contributed by atoms with Crippen molar-refractivity contribution < 1.29 is 4.79 Å². The Bertz CT molecular complexity index is 1320. The molecule has 0 radical (unpaired) electrons. The fourth-order valence-corrected chi connectivity index (χ4v) is 4.98. The molecule has 6 nitrogen and oxygen atoms in total. The van der Waals surface area contributed by atoms with E-state index in [4.69, 9.17) is 0 Å². The number of hydrogen-bond acceptors (Lipinski definition) is 4. The highest BCUT2D eigenvalue weighted by atomic mass is 32.1. The maximum Gasteiger partial charge on any atom is 0.275 e. The summed E-state index contributed by atoms with van der Waals surface area (Å²) in [7, 11) is 0. The molecule has 1 unspecified atom stereocenters. The lowest BCUT2D eigenvalue weighted by atomic mass is 9.94. The number of H-pyrrole nitrogens is 1. The third-order valence-corrected chi connectivity index (χ3v) is 6.35. The number of hydrogen-bond donors (Lipinski definition) is 1. The highest BCUT2D eigenvalue weighted by Crippen LogP contribution is 2.38. The third kappa shape index (κ3) is 2.51. The van der Waals surface area contributed by atoms with Crippen molar-refractivity contribution in [2.24, 2.45) is 0 Å². The summed E-state index contributed by atoms with van der Waals surface area (Å²) in [4.78, 5) is 28.9. The summed E-state index contributed by atoms with van der Waals surface area (Å²) >= 11 is 1.52. The molecule has 6 rings (SSSR count). The molecule has 7 heteroatoms. The molecule has 4 aromatic heterocycles. The van der Waals surface area contributed by atoms with Gasteiger partial charge in [0.05, 0.1) is 5.69 Å². The zero-order valence-corrected chi connectivity index (χ0v) is 16.3. The number of aromatic amines is 1. The first-order valence-corrected chi connectivity index (χ1v) is 10.4. The summed E-state index contributed by atoms with van der Waals surface area (Å²) in [6.45, 7) is 0.625. The molecule has 1 aliphatic heterocycles. The Morgan fingerprint density at radius 3 is 2.93 bits per heavy atom. The van der Waals surface area contributed by atoms with Crippen LogP contribution in [0.1, 0.15) is 33.5 Å². The minimum absolute atomic E-state index is 0.0686. The molecule has 0 spiro atoms. The average molecular weight is 399 g/mol. The lowest BCUT2D eigenvalue weighted by molar-refractivity contribution is 0.0683. The van der Waals surface area contributed by atoms with Crippen LogP contribution in [0.3, 0.4) is 0 Å². The lowest BCUT2D eigenvalue weighted by Crippen LogP contribution is -2.41. The smallest absolute Gasteiger partial charge is 0.275 e. The van der Waals surface area contributed by atoms with Crippen molar-refractivity contribution in [2.45, 2.75) is 12.5 Å². The topological polar surface area (TPSA) is 66.3 Å². The largest absolute Gasteiger partial charge is 0.356 e. The first-order chi connectivity index (χ1) is 14.3. The summed E-state index contributed by atoms with van der Waals surface area (Å²) in [5.41, 5.74) is 4.73. The summed E-state index contributed by atoms with van der Waals surface area (Å²) in [6, 6.07) is 13.9. The average Bonchev–Trinajstić information content (AvgIpc) is 3.46. The van der Waals surface area contributed by atoms with E-state index < -0.39 is 0 Å². The van der Waals surface area contributed by atoms with Crippen LogP contribution < -0.4 is 0 Å². The van der Waals surface area contributed by atoms with E-state index in [0.29, 0.717) is 12.2 Å². The van der Waals surface area contributed by atoms with Crippen LogP contribution >= 0.6 is 11.3 Å². The van der Waals surface area contributed by atoms with Gasteiger partial charge in [0.25, 0.3) is 5.91 Å². The van der Waals surface area contributed by atoms with Crippen LogP contribution in [-0.4, -0.2) is 36.7 Å². The number of aromatic nitrogens is 4. The molecule has 142 valence electrons. The number of rotatable bonds is 2. The summed E-state index contributed by atoms with van der Waals surface area (Å²) < 4.78 is 1.89. The van der Waals surface area contributed by atoms with E-state index in [1.807, 2.05) is 51.3 Å². The van der Waals surface area contributed by atoms with E-state index in [1.54, 1.807) is 6.20 Å². The first kappa shape index (κ1) is 16.5. The number of amides is 1. The van der Waals surface area contributed by atoms with Crippen LogP contribution in [-0.2, 0) is 6.42 Å². The Kier molecular flexibility index (Phi) is 3.57. The SMILES string of the molecule is O=C(c1cn2ccsc2n1)N1CCc2c([nH]c3ccccc23)C1c1ccccn1. The quantitative estimate of drug-likeness (QED) is 0.487. The van der Waals surface area contributed by atoms with Crippen LogP contribution in [0.15, 0.2) is 66.4 Å². The van der Waals surface area contributed by atoms with E-state index in [9.17, 15) is 4.79 Å². The molecule has 0 bridgehead atoms. The summed E-state index contributed by atoms with van der Waals surface area (Å²) in [5.74, 6) is -0.0686. The van der Waals surface area contributed by atoms with Gasteiger partial charge in [-0.15, -0.1) is 11.3 Å². The molecule has 0 saturated carbocycles. The van der Waals surface area contributed by atoms with Crippen LogP contribution in [0.5, 0.6) is 0 Å². The van der Waals surface area contributed by atoms with Gasteiger partial charge in [0.2, 0.25) is 0 Å². The Hall–Kier alpha value is -3.45. The number of thiazole rings is 1. The van der Waals surface area contributed by atoms with Gasteiger partial charge >= 0.3 is 0 Å². The van der Waals surface area contributed by atoms with E-state index in [-0.39, 0.29) is 11.9 Å². The molecule has 1 N–H and O–H groups in total. The highest BCUT2D eigenvalue weighted by Gasteiger charge is 2.36.